The molecule has 3 heterocycles. The third kappa shape index (κ3) is 20.2. The molecule has 4 rings (SSSR count). The molecule has 0 aromatic heterocycles. The molecular formula is C60H96N8O11. The minimum absolute atomic E-state index is 0.0362. The van der Waals surface area contributed by atoms with Gasteiger partial charge in [0.1, 0.15) is 18.1 Å². The Morgan fingerprint density at radius 2 is 1.30 bits per heavy atom. The van der Waals surface area contributed by atoms with Gasteiger partial charge in [-0.3, -0.25) is 47.9 Å². The Labute approximate surface area is 470 Å². The standard InChI is InChI=1S/C60H96N8O11/c1-13-66(37-54(72)62-51(31-40(6)7)58(76)65(12)42(9)55(73)63-50(43(10)69)30-39(4)5)60(78)52-22-18-26-68(52)57(75)47(32-44-19-15-14-16-20-44)34-53(71)41(8)64(11)56(74)46(29-38(2)3)33-48(70)36-67(35-45-23-27-79-28-24-45)59(77)49-21-17-25-61-49/h14-16,19-20,38-42,45-47,49-52,61H,13,17-18,21-37H2,1-12H3,(H,62,72)(H,63,73)/t41-,42-,46+,47+,49+,50-,51-,52+/m0/s1. The van der Waals surface area contributed by atoms with Crippen LogP contribution in [0.3, 0.4) is 0 Å². The average molecular weight is 1110 g/mol. The molecule has 7 amide bonds. The van der Waals surface area contributed by atoms with Gasteiger partial charge in [0.2, 0.25) is 41.4 Å². The normalized spacial score (nSPS) is 19.0. The fourth-order valence-electron chi connectivity index (χ4n) is 11.1. The molecule has 19 heteroatoms. The van der Waals surface area contributed by atoms with Gasteiger partial charge in [0.05, 0.1) is 31.2 Å². The summed E-state index contributed by atoms with van der Waals surface area (Å²) in [5, 5.41) is 8.85. The molecular weight excluding hydrogens is 1010 g/mol. The summed E-state index contributed by atoms with van der Waals surface area (Å²) in [4.78, 5) is 147. The minimum atomic E-state index is -1.03. The second-order valence-corrected chi connectivity index (χ2v) is 23.9. The number of carbonyl (C=O) groups excluding carboxylic acids is 10. The van der Waals surface area contributed by atoms with Crippen LogP contribution < -0.4 is 16.0 Å². The molecule has 0 bridgehead atoms. The number of amides is 7. The van der Waals surface area contributed by atoms with Crippen LogP contribution in [0.5, 0.6) is 0 Å². The van der Waals surface area contributed by atoms with Gasteiger partial charge in [-0.25, -0.2) is 0 Å². The molecule has 3 saturated heterocycles. The van der Waals surface area contributed by atoms with Crippen molar-refractivity contribution in [2.75, 3.05) is 66.6 Å². The van der Waals surface area contributed by atoms with Crippen LogP contribution in [0.4, 0.5) is 0 Å². The second-order valence-electron chi connectivity index (χ2n) is 23.9. The number of nitrogens with zero attached hydrogens (tertiary/aromatic N) is 5. The van der Waals surface area contributed by atoms with Crippen LogP contribution in [0, 0.1) is 35.5 Å². The first-order valence-corrected chi connectivity index (χ1v) is 29.2. The van der Waals surface area contributed by atoms with Crippen LogP contribution in [0.1, 0.15) is 145 Å². The summed E-state index contributed by atoms with van der Waals surface area (Å²) in [7, 11) is 3.02. The van der Waals surface area contributed by atoms with Gasteiger partial charge in [-0.2, -0.15) is 0 Å². The van der Waals surface area contributed by atoms with E-state index in [1.807, 2.05) is 71.9 Å². The van der Waals surface area contributed by atoms with Crippen LogP contribution in [0.15, 0.2) is 30.3 Å². The predicted molar refractivity (Wildman–Crippen MR) is 302 cm³/mol. The van der Waals surface area contributed by atoms with E-state index in [0.717, 1.165) is 31.4 Å². The number of ether oxygens (including phenoxy) is 1. The molecule has 8 atom stereocenters. The second kappa shape index (κ2) is 32.0. The molecule has 0 saturated carbocycles. The number of hydrogen-bond acceptors (Lipinski definition) is 12. The van der Waals surface area contributed by atoms with E-state index in [0.29, 0.717) is 51.9 Å². The van der Waals surface area contributed by atoms with Gasteiger partial charge in [-0.05, 0) is 128 Å². The number of likely N-dealkylation sites (tertiary alicyclic amines) is 1. The summed E-state index contributed by atoms with van der Waals surface area (Å²) in [6, 6.07) is 4.35. The first kappa shape index (κ1) is 66.0. The van der Waals surface area contributed by atoms with Crippen molar-refractivity contribution in [3.05, 3.63) is 35.9 Å². The molecule has 3 aliphatic heterocycles. The van der Waals surface area contributed by atoms with Gasteiger partial charge in [0, 0.05) is 71.6 Å². The lowest BCUT2D eigenvalue weighted by Crippen LogP contribution is -2.57. The quantitative estimate of drug-likeness (QED) is 0.0926. The number of likely N-dealkylation sites (N-methyl/N-ethyl adjacent to an activating group) is 3. The van der Waals surface area contributed by atoms with Crippen molar-refractivity contribution < 1.29 is 52.7 Å². The van der Waals surface area contributed by atoms with Gasteiger partial charge < -0.3 is 45.2 Å². The Morgan fingerprint density at radius 3 is 1.89 bits per heavy atom. The van der Waals surface area contributed by atoms with E-state index < -0.39 is 78.1 Å². The number of carbonyl (C=O) groups is 10. The van der Waals surface area contributed by atoms with Crippen LogP contribution in [-0.2, 0) is 59.1 Å². The monoisotopic (exact) mass is 1100 g/mol. The van der Waals surface area contributed by atoms with Crippen LogP contribution >= 0.6 is 0 Å². The molecule has 1 aromatic carbocycles. The first-order chi connectivity index (χ1) is 37.3. The highest BCUT2D eigenvalue weighted by atomic mass is 16.5. The molecule has 3 fully saturated rings. The molecule has 79 heavy (non-hydrogen) atoms. The Bertz CT molecular complexity index is 2230. The summed E-state index contributed by atoms with van der Waals surface area (Å²) in [6.07, 6.45) is 4.96. The topological polar surface area (TPSA) is 232 Å². The molecule has 19 nitrogen and oxygen atoms in total. The maximum absolute atomic E-state index is 14.9. The Morgan fingerprint density at radius 1 is 0.684 bits per heavy atom. The number of Topliss-reactive ketones (excluding diaryl/α,β-unsaturated/α-hetero) is 3. The van der Waals surface area contributed by atoms with Crippen molar-refractivity contribution in [1.29, 1.82) is 0 Å². The molecule has 3 N–H and O–H groups in total. The predicted octanol–water partition coefficient (Wildman–Crippen LogP) is 4.62. The van der Waals surface area contributed by atoms with Crippen molar-refractivity contribution in [2.45, 2.75) is 183 Å². The lowest BCUT2D eigenvalue weighted by molar-refractivity contribution is -0.148. The molecule has 1 aromatic rings. The number of ketones is 3. The van der Waals surface area contributed by atoms with Gasteiger partial charge in [0.25, 0.3) is 0 Å². The van der Waals surface area contributed by atoms with Crippen molar-refractivity contribution in [1.82, 2.24) is 40.4 Å². The van der Waals surface area contributed by atoms with E-state index in [-0.39, 0.29) is 104 Å². The largest absolute Gasteiger partial charge is 0.381 e. The third-order valence-electron chi connectivity index (χ3n) is 16.0. The molecule has 442 valence electrons. The maximum Gasteiger partial charge on any atom is 0.245 e. The zero-order chi connectivity index (χ0) is 58.7. The zero-order valence-corrected chi connectivity index (χ0v) is 49.7. The summed E-state index contributed by atoms with van der Waals surface area (Å²) >= 11 is 0. The summed E-state index contributed by atoms with van der Waals surface area (Å²) in [5.41, 5.74) is 0.806. The SMILES string of the molecule is CCN(CC(=O)N[C@@H](CC(C)C)C(=O)N(C)[C@@H](C)C(=O)N[C@@H](CC(C)C)C(C)=O)C(=O)[C@H]1CCCN1C(=O)[C@@H](CC(=O)[C@H](C)N(C)C(=O)[C@@H](CC(=O)CN(CC1CCOCC1)C(=O)[C@H]1CCCN1)CC(C)C)Cc1ccccc1. The van der Waals surface area contributed by atoms with E-state index >= 15 is 0 Å². The summed E-state index contributed by atoms with van der Waals surface area (Å²) in [6.45, 7) is 20.2. The third-order valence-corrected chi connectivity index (χ3v) is 16.0. The molecule has 0 radical (unpaired) electrons. The average Bonchev–Trinajstić information content (AvgIpc) is 4.14. The lowest BCUT2D eigenvalue weighted by atomic mass is 9.88. The number of nitrogens with one attached hydrogen (secondary N) is 3. The fraction of sp³-hybridized carbons (Fsp3) is 0.733. The van der Waals surface area contributed by atoms with E-state index in [9.17, 15) is 47.9 Å². The van der Waals surface area contributed by atoms with Gasteiger partial charge >= 0.3 is 0 Å². The lowest BCUT2D eigenvalue weighted by Gasteiger charge is -2.33. The Kier molecular flexibility index (Phi) is 26.7. The van der Waals surface area contributed by atoms with Crippen molar-refractivity contribution in [3.8, 4) is 0 Å². The van der Waals surface area contributed by atoms with E-state index in [2.05, 4.69) is 16.0 Å². The van der Waals surface area contributed by atoms with Crippen molar-refractivity contribution in [3.63, 3.8) is 0 Å². The minimum Gasteiger partial charge on any atom is -0.381 e. The Balaban J connectivity index is 1.47. The van der Waals surface area contributed by atoms with E-state index in [1.54, 1.807) is 32.7 Å². The highest BCUT2D eigenvalue weighted by Crippen LogP contribution is 2.28. The highest BCUT2D eigenvalue weighted by molar-refractivity contribution is 5.97. The molecule has 0 aliphatic carbocycles. The Hall–Kier alpha value is -5.56. The van der Waals surface area contributed by atoms with Gasteiger partial charge in [0.15, 0.2) is 17.3 Å². The van der Waals surface area contributed by atoms with E-state index in [1.165, 1.54) is 33.6 Å². The van der Waals surface area contributed by atoms with Gasteiger partial charge in [-0.15, -0.1) is 0 Å². The highest BCUT2D eigenvalue weighted by Gasteiger charge is 2.42. The summed E-state index contributed by atoms with van der Waals surface area (Å²) in [5.74, 6) is -4.96. The number of benzene rings is 1. The smallest absolute Gasteiger partial charge is 0.245 e. The van der Waals surface area contributed by atoms with Crippen molar-refractivity contribution >= 4 is 58.7 Å². The molecule has 0 spiro atoms. The number of rotatable bonds is 31. The van der Waals surface area contributed by atoms with Crippen molar-refractivity contribution in [2.24, 2.45) is 35.5 Å². The van der Waals surface area contributed by atoms with E-state index in [4.69, 9.17) is 4.74 Å². The summed E-state index contributed by atoms with van der Waals surface area (Å²) < 4.78 is 5.55. The maximum atomic E-state index is 14.9. The zero-order valence-electron chi connectivity index (χ0n) is 49.7. The fourth-order valence-corrected chi connectivity index (χ4v) is 11.1. The molecule has 3 aliphatic rings. The van der Waals surface area contributed by atoms with Gasteiger partial charge in [-0.1, -0.05) is 71.9 Å². The van der Waals surface area contributed by atoms with Crippen LogP contribution in [0.25, 0.3) is 0 Å². The number of hydrogen-bond donors (Lipinski definition) is 3. The van der Waals surface area contributed by atoms with Crippen LogP contribution in [0.2, 0.25) is 0 Å². The van der Waals surface area contributed by atoms with Crippen LogP contribution in [-0.4, -0.2) is 186 Å². The first-order valence-electron chi connectivity index (χ1n) is 29.2. The molecule has 0 unspecified atom stereocenters.